The van der Waals surface area contributed by atoms with Crippen LogP contribution in [0.3, 0.4) is 0 Å². The molecule has 0 aliphatic rings. The van der Waals surface area contributed by atoms with Crippen LogP contribution < -0.4 is 0 Å². The van der Waals surface area contributed by atoms with E-state index in [-0.39, 0.29) is 6.07 Å². The molecule has 3 nitrogen and oxygen atoms in total. The van der Waals surface area contributed by atoms with Gasteiger partial charge in [-0.15, -0.1) is 0 Å². The average molecular weight is 362 g/mol. The number of rotatable bonds is 1. The maximum atomic E-state index is 12.7. The fourth-order valence-electron chi connectivity index (χ4n) is 1.54. The Morgan fingerprint density at radius 1 is 0.682 bits per heavy atom. The second kappa shape index (κ2) is 5.54. The predicted octanol–water partition coefficient (Wildman–Crippen LogP) is 4.88. The van der Waals surface area contributed by atoms with Crippen molar-refractivity contribution in [2.24, 2.45) is 0 Å². The molecule has 118 valence electrons. The van der Waals surface area contributed by atoms with Crippen molar-refractivity contribution in [1.29, 1.82) is 0 Å². The van der Waals surface area contributed by atoms with Crippen LogP contribution in [0, 0.1) is 0 Å². The van der Waals surface area contributed by atoms with Crippen LogP contribution in [0.2, 0.25) is 10.6 Å². The Kier molecular flexibility index (Phi) is 4.22. The summed E-state index contributed by atoms with van der Waals surface area (Å²) < 4.78 is 76.4. The van der Waals surface area contributed by atoms with E-state index in [1.54, 1.807) is 0 Å². The minimum atomic E-state index is -4.98. The molecule has 0 saturated heterocycles. The van der Waals surface area contributed by atoms with E-state index in [1.807, 2.05) is 0 Å². The Labute approximate surface area is 128 Å². The zero-order chi connectivity index (χ0) is 16.7. The van der Waals surface area contributed by atoms with Gasteiger partial charge in [0.25, 0.3) is 0 Å². The van der Waals surface area contributed by atoms with Crippen LogP contribution in [0.5, 0.6) is 0 Å². The molecule has 0 aliphatic heterocycles. The second-order valence-corrected chi connectivity index (χ2v) is 4.67. The Bertz CT molecular complexity index is 661. The highest BCUT2D eigenvalue weighted by Gasteiger charge is 2.37. The molecule has 0 amide bonds. The highest BCUT2D eigenvalue weighted by Crippen LogP contribution is 2.38. The first kappa shape index (κ1) is 16.8. The van der Waals surface area contributed by atoms with E-state index < -0.39 is 45.4 Å². The lowest BCUT2D eigenvalue weighted by Crippen LogP contribution is -2.11. The van der Waals surface area contributed by atoms with E-state index in [2.05, 4.69) is 15.0 Å². The van der Waals surface area contributed by atoms with Crippen LogP contribution in [0.1, 0.15) is 11.1 Å². The first-order valence-electron chi connectivity index (χ1n) is 5.34. The van der Waals surface area contributed by atoms with E-state index in [1.165, 1.54) is 0 Å². The van der Waals surface area contributed by atoms with Crippen molar-refractivity contribution in [1.82, 2.24) is 15.0 Å². The number of alkyl halides is 6. The van der Waals surface area contributed by atoms with Gasteiger partial charge in [0.15, 0.2) is 5.82 Å². The highest BCUT2D eigenvalue weighted by atomic mass is 35.5. The van der Waals surface area contributed by atoms with Gasteiger partial charge in [0, 0.05) is 5.56 Å². The Balaban J connectivity index is 2.70. The SMILES string of the molecule is FC(F)(F)c1cc(-c2nc(Cl)nc(Cl)n2)cc(C(F)(F)F)c1. The third-order valence-electron chi connectivity index (χ3n) is 2.43. The van der Waals surface area contributed by atoms with Gasteiger partial charge in [0.2, 0.25) is 10.6 Å². The van der Waals surface area contributed by atoms with Crippen molar-refractivity contribution in [3.63, 3.8) is 0 Å². The van der Waals surface area contributed by atoms with E-state index in [0.29, 0.717) is 12.1 Å². The summed E-state index contributed by atoms with van der Waals surface area (Å²) in [6, 6.07) is 0.933. The number of hydrogen-bond acceptors (Lipinski definition) is 3. The standard InChI is InChI=1S/C11H3Cl2F6N3/c12-8-20-7(21-9(13)22-8)4-1-5(10(14,15)16)3-6(2-4)11(17,18)19/h1-3H. The van der Waals surface area contributed by atoms with Gasteiger partial charge < -0.3 is 0 Å². The third-order valence-corrected chi connectivity index (χ3v) is 2.76. The summed E-state index contributed by atoms with van der Waals surface area (Å²) in [6.45, 7) is 0. The van der Waals surface area contributed by atoms with E-state index in [4.69, 9.17) is 23.2 Å². The zero-order valence-electron chi connectivity index (χ0n) is 10.1. The number of halogens is 8. The molecule has 0 spiro atoms. The fraction of sp³-hybridized carbons (Fsp3) is 0.182. The Morgan fingerprint density at radius 3 is 1.45 bits per heavy atom. The molecule has 2 aromatic rings. The van der Waals surface area contributed by atoms with Crippen LogP contribution in [0.25, 0.3) is 11.4 Å². The van der Waals surface area contributed by atoms with Crippen molar-refractivity contribution in [3.8, 4) is 11.4 Å². The molecule has 22 heavy (non-hydrogen) atoms. The van der Waals surface area contributed by atoms with Crippen molar-refractivity contribution < 1.29 is 26.3 Å². The largest absolute Gasteiger partial charge is 0.416 e. The Hall–Kier alpha value is -1.61. The van der Waals surface area contributed by atoms with E-state index in [0.717, 1.165) is 0 Å². The van der Waals surface area contributed by atoms with Crippen molar-refractivity contribution in [2.75, 3.05) is 0 Å². The maximum Gasteiger partial charge on any atom is 0.416 e. The summed E-state index contributed by atoms with van der Waals surface area (Å²) in [5.41, 5.74) is -3.52. The Morgan fingerprint density at radius 2 is 1.09 bits per heavy atom. The molecular weight excluding hydrogens is 359 g/mol. The van der Waals surface area contributed by atoms with E-state index in [9.17, 15) is 26.3 Å². The van der Waals surface area contributed by atoms with Gasteiger partial charge in [-0.3, -0.25) is 0 Å². The second-order valence-electron chi connectivity index (χ2n) is 3.99. The normalized spacial score (nSPS) is 12.5. The van der Waals surface area contributed by atoms with E-state index >= 15 is 0 Å². The molecule has 0 unspecified atom stereocenters. The van der Waals surface area contributed by atoms with Gasteiger partial charge in [0.05, 0.1) is 11.1 Å². The molecule has 0 aliphatic carbocycles. The molecule has 2 rings (SSSR count). The molecule has 0 bridgehead atoms. The summed E-state index contributed by atoms with van der Waals surface area (Å²) in [4.78, 5) is 10.3. The smallest absolute Gasteiger partial charge is 0.198 e. The van der Waals surface area contributed by atoms with Crippen LogP contribution in [0.4, 0.5) is 26.3 Å². The maximum absolute atomic E-state index is 12.7. The van der Waals surface area contributed by atoms with Crippen molar-refractivity contribution in [3.05, 3.63) is 39.9 Å². The first-order valence-corrected chi connectivity index (χ1v) is 6.09. The highest BCUT2D eigenvalue weighted by molar-refractivity contribution is 6.31. The molecule has 0 radical (unpaired) electrons. The van der Waals surface area contributed by atoms with Gasteiger partial charge in [-0.1, -0.05) is 0 Å². The molecule has 1 aromatic carbocycles. The van der Waals surface area contributed by atoms with Crippen LogP contribution in [-0.4, -0.2) is 15.0 Å². The minimum absolute atomic E-state index is 0.00605. The van der Waals surface area contributed by atoms with Crippen LogP contribution >= 0.6 is 23.2 Å². The van der Waals surface area contributed by atoms with Gasteiger partial charge in [0.1, 0.15) is 0 Å². The van der Waals surface area contributed by atoms with Crippen LogP contribution in [-0.2, 0) is 12.4 Å². The summed E-state index contributed by atoms with van der Waals surface area (Å²) >= 11 is 10.9. The van der Waals surface area contributed by atoms with Crippen molar-refractivity contribution >= 4 is 23.2 Å². The lowest BCUT2D eigenvalue weighted by atomic mass is 10.0. The number of aromatic nitrogens is 3. The van der Waals surface area contributed by atoms with Crippen molar-refractivity contribution in [2.45, 2.75) is 12.4 Å². The number of nitrogens with zero attached hydrogens (tertiary/aromatic N) is 3. The topological polar surface area (TPSA) is 38.7 Å². The minimum Gasteiger partial charge on any atom is -0.198 e. The predicted molar refractivity (Wildman–Crippen MR) is 65.3 cm³/mol. The molecule has 11 heteroatoms. The van der Waals surface area contributed by atoms with Gasteiger partial charge in [-0.05, 0) is 41.4 Å². The van der Waals surface area contributed by atoms with Gasteiger partial charge in [-0.2, -0.15) is 41.3 Å². The third kappa shape index (κ3) is 3.77. The molecule has 0 fully saturated rings. The summed E-state index contributed by atoms with van der Waals surface area (Å²) in [5, 5.41) is -0.915. The lowest BCUT2D eigenvalue weighted by Gasteiger charge is -2.13. The molecule has 0 atom stereocenters. The molecule has 0 N–H and O–H groups in total. The summed E-state index contributed by atoms with van der Waals surface area (Å²) in [6.07, 6.45) is -9.95. The molecular formula is C11H3Cl2F6N3. The quantitative estimate of drug-likeness (QED) is 0.679. The van der Waals surface area contributed by atoms with Gasteiger partial charge >= 0.3 is 12.4 Å². The first-order chi connectivity index (χ1) is 9.96. The molecule has 0 saturated carbocycles. The lowest BCUT2D eigenvalue weighted by molar-refractivity contribution is -0.143. The van der Waals surface area contributed by atoms with Crippen LogP contribution in [0.15, 0.2) is 18.2 Å². The zero-order valence-corrected chi connectivity index (χ0v) is 11.6. The fourth-order valence-corrected chi connectivity index (χ4v) is 1.90. The average Bonchev–Trinajstić information content (AvgIpc) is 2.35. The summed E-state index contributed by atoms with van der Waals surface area (Å²) in [7, 11) is 0. The monoisotopic (exact) mass is 361 g/mol. The molecule has 1 heterocycles. The summed E-state index contributed by atoms with van der Waals surface area (Å²) in [5.74, 6) is -0.499. The van der Waals surface area contributed by atoms with Gasteiger partial charge in [-0.25, -0.2) is 0 Å². The molecule has 1 aromatic heterocycles. The number of hydrogen-bond donors (Lipinski definition) is 0. The number of benzene rings is 1.